The molecule has 0 saturated carbocycles. The maximum Gasteiger partial charge on any atom is 0.306 e. The van der Waals surface area contributed by atoms with Crippen LogP contribution < -0.4 is 10.6 Å². The molecule has 2 N–H and O–H groups in total. The lowest BCUT2D eigenvalue weighted by molar-refractivity contribution is -0.155. The summed E-state index contributed by atoms with van der Waals surface area (Å²) < 4.78 is 31.0. The Hall–Kier alpha value is -3.05. The molecular formula is C25H34FN3O7. The van der Waals surface area contributed by atoms with Crippen LogP contribution in [0.2, 0.25) is 0 Å². The number of piperidine rings is 1. The van der Waals surface area contributed by atoms with Crippen molar-refractivity contribution >= 4 is 29.4 Å². The van der Waals surface area contributed by atoms with Gasteiger partial charge in [-0.3, -0.25) is 24.1 Å². The molecule has 1 aromatic rings. The van der Waals surface area contributed by atoms with E-state index in [1.165, 1.54) is 6.07 Å². The topological polar surface area (TPSA) is 128 Å². The number of esters is 1. The molecule has 1 aromatic carbocycles. The predicted molar refractivity (Wildman–Crippen MR) is 128 cm³/mol. The zero-order chi connectivity index (χ0) is 26.8. The first-order chi connectivity index (χ1) is 16.9. The zero-order valence-electron chi connectivity index (χ0n) is 21.3. The van der Waals surface area contributed by atoms with E-state index in [0.29, 0.717) is 30.8 Å². The van der Waals surface area contributed by atoms with Crippen LogP contribution in [-0.2, 0) is 23.8 Å². The number of methoxy groups -OCH3 is 2. The van der Waals surface area contributed by atoms with Crippen LogP contribution in [0.1, 0.15) is 67.2 Å². The van der Waals surface area contributed by atoms with E-state index < -0.39 is 41.2 Å². The largest absolute Gasteiger partial charge is 0.460 e. The second-order valence-electron chi connectivity index (χ2n) is 10.0. The summed E-state index contributed by atoms with van der Waals surface area (Å²) in [5, 5.41) is 0. The SMILES string of the molecule is COC(OC)C1CCN(c2cc3c(cc2F)C(=O)N([C@H](CCC(=O)OC(C)(C)C)C(N)=O)C3=O)CC1. The number of nitrogens with two attached hydrogens (primary N) is 1. The Morgan fingerprint density at radius 1 is 1.08 bits per heavy atom. The van der Waals surface area contributed by atoms with Crippen LogP contribution in [0.25, 0.3) is 0 Å². The molecule has 2 aliphatic rings. The van der Waals surface area contributed by atoms with Gasteiger partial charge in [0.15, 0.2) is 6.29 Å². The Morgan fingerprint density at radius 2 is 1.64 bits per heavy atom. The second-order valence-corrected chi connectivity index (χ2v) is 10.0. The second kappa shape index (κ2) is 10.9. The number of imide groups is 1. The van der Waals surface area contributed by atoms with E-state index >= 15 is 4.39 Å². The third-order valence-corrected chi connectivity index (χ3v) is 6.40. The molecule has 2 aliphatic heterocycles. The third-order valence-electron chi connectivity index (χ3n) is 6.40. The first kappa shape index (κ1) is 27.5. The highest BCUT2D eigenvalue weighted by Crippen LogP contribution is 2.34. The summed E-state index contributed by atoms with van der Waals surface area (Å²) in [6.45, 7) is 6.11. The van der Waals surface area contributed by atoms with E-state index in [1.807, 2.05) is 4.90 Å². The number of hydrogen-bond acceptors (Lipinski definition) is 8. The summed E-state index contributed by atoms with van der Waals surface area (Å²) in [6, 6.07) is 1.00. The summed E-state index contributed by atoms with van der Waals surface area (Å²) in [5.41, 5.74) is 4.81. The highest BCUT2D eigenvalue weighted by Gasteiger charge is 2.43. The Bertz CT molecular complexity index is 1030. The van der Waals surface area contributed by atoms with Crippen molar-refractivity contribution in [1.82, 2.24) is 4.90 Å². The molecule has 36 heavy (non-hydrogen) atoms. The highest BCUT2D eigenvalue weighted by atomic mass is 19.1. The van der Waals surface area contributed by atoms with Gasteiger partial charge in [-0.1, -0.05) is 0 Å². The number of benzene rings is 1. The molecule has 198 valence electrons. The van der Waals surface area contributed by atoms with Crippen LogP contribution in [0.3, 0.4) is 0 Å². The molecule has 0 spiro atoms. The number of nitrogens with zero attached hydrogens (tertiary/aromatic N) is 2. The van der Waals surface area contributed by atoms with Gasteiger partial charge in [-0.05, 0) is 52.2 Å². The maximum atomic E-state index is 15.1. The number of carbonyl (C=O) groups is 4. The van der Waals surface area contributed by atoms with Gasteiger partial charge < -0.3 is 24.8 Å². The number of ether oxygens (including phenoxy) is 3. The molecule has 0 aliphatic carbocycles. The van der Waals surface area contributed by atoms with Crippen molar-refractivity contribution < 1.29 is 37.8 Å². The number of hydrogen-bond donors (Lipinski definition) is 1. The average molecular weight is 508 g/mol. The third kappa shape index (κ3) is 5.84. The van der Waals surface area contributed by atoms with Crippen LogP contribution >= 0.6 is 0 Å². The summed E-state index contributed by atoms with van der Waals surface area (Å²) in [4.78, 5) is 53.0. The molecule has 1 fully saturated rings. The Kier molecular flexibility index (Phi) is 8.35. The molecule has 3 amide bonds. The predicted octanol–water partition coefficient (Wildman–Crippen LogP) is 2.23. The van der Waals surface area contributed by atoms with Crippen molar-refractivity contribution in [2.75, 3.05) is 32.2 Å². The van der Waals surface area contributed by atoms with Gasteiger partial charge in [0.2, 0.25) is 5.91 Å². The lowest BCUT2D eigenvalue weighted by Gasteiger charge is -2.36. The first-order valence-corrected chi connectivity index (χ1v) is 11.9. The molecule has 0 unspecified atom stereocenters. The number of primary amides is 1. The van der Waals surface area contributed by atoms with E-state index in [2.05, 4.69) is 0 Å². The zero-order valence-corrected chi connectivity index (χ0v) is 21.3. The van der Waals surface area contributed by atoms with Gasteiger partial charge in [0.25, 0.3) is 11.8 Å². The normalized spacial score (nSPS) is 17.5. The minimum atomic E-state index is -1.37. The number of anilines is 1. The van der Waals surface area contributed by atoms with Crippen molar-refractivity contribution in [3.05, 3.63) is 29.1 Å². The van der Waals surface area contributed by atoms with Crippen molar-refractivity contribution in [2.24, 2.45) is 11.7 Å². The van der Waals surface area contributed by atoms with E-state index in [-0.39, 0.29) is 41.9 Å². The van der Waals surface area contributed by atoms with Crippen LogP contribution in [-0.4, -0.2) is 73.8 Å². The lowest BCUT2D eigenvalue weighted by Crippen LogP contribution is -2.48. The molecule has 0 radical (unpaired) electrons. The highest BCUT2D eigenvalue weighted by molar-refractivity contribution is 6.23. The average Bonchev–Trinajstić information content (AvgIpc) is 3.03. The number of carbonyl (C=O) groups excluding carboxylic acids is 4. The Balaban J connectivity index is 1.78. The molecule has 0 bridgehead atoms. The monoisotopic (exact) mass is 507 g/mol. The van der Waals surface area contributed by atoms with Crippen LogP contribution in [0.4, 0.5) is 10.1 Å². The molecule has 1 saturated heterocycles. The standard InChI is InChI=1S/C25H34FN3O7/c1-25(2,3)36-20(30)7-6-18(21(27)31)29-22(32)15-12-17(26)19(13-16(15)23(29)33)28-10-8-14(9-11-28)24(34-4)35-5/h12-14,18,24H,6-11H2,1-5H3,(H2,27,31)/t18-/m1/s1. The van der Waals surface area contributed by atoms with Gasteiger partial charge in [-0.25, -0.2) is 4.39 Å². The van der Waals surface area contributed by atoms with Crippen molar-refractivity contribution in [3.8, 4) is 0 Å². The number of fused-ring (bicyclic) bond motifs is 1. The summed E-state index contributed by atoms with van der Waals surface area (Å²) in [5.74, 6) is -3.61. The van der Waals surface area contributed by atoms with E-state index in [0.717, 1.165) is 6.07 Å². The molecular weight excluding hydrogens is 473 g/mol. The fraction of sp³-hybridized carbons (Fsp3) is 0.600. The van der Waals surface area contributed by atoms with Crippen LogP contribution in [0.5, 0.6) is 0 Å². The number of rotatable bonds is 9. The molecule has 10 nitrogen and oxygen atoms in total. The van der Waals surface area contributed by atoms with Crippen LogP contribution in [0, 0.1) is 11.7 Å². The van der Waals surface area contributed by atoms with Gasteiger partial charge in [0.1, 0.15) is 17.5 Å². The van der Waals surface area contributed by atoms with E-state index in [1.54, 1.807) is 35.0 Å². The Morgan fingerprint density at radius 3 is 2.14 bits per heavy atom. The van der Waals surface area contributed by atoms with Crippen molar-refractivity contribution in [1.29, 1.82) is 0 Å². The number of halogens is 1. The summed E-state index contributed by atoms with van der Waals surface area (Å²) >= 11 is 0. The molecule has 1 atom stereocenters. The van der Waals surface area contributed by atoms with Crippen molar-refractivity contribution in [2.45, 2.75) is 64.4 Å². The van der Waals surface area contributed by atoms with Gasteiger partial charge in [-0.15, -0.1) is 0 Å². The van der Waals surface area contributed by atoms with Gasteiger partial charge >= 0.3 is 5.97 Å². The smallest absolute Gasteiger partial charge is 0.306 e. The van der Waals surface area contributed by atoms with Gasteiger partial charge in [-0.2, -0.15) is 0 Å². The minimum Gasteiger partial charge on any atom is -0.460 e. The Labute approximate surface area is 209 Å². The maximum absolute atomic E-state index is 15.1. The van der Waals surface area contributed by atoms with E-state index in [9.17, 15) is 19.2 Å². The molecule has 0 aromatic heterocycles. The molecule has 2 heterocycles. The lowest BCUT2D eigenvalue weighted by atomic mass is 9.95. The first-order valence-electron chi connectivity index (χ1n) is 11.9. The van der Waals surface area contributed by atoms with Gasteiger partial charge in [0, 0.05) is 39.6 Å². The molecule has 3 rings (SSSR count). The molecule has 11 heteroatoms. The quantitative estimate of drug-likeness (QED) is 0.306. The van der Waals surface area contributed by atoms with Crippen molar-refractivity contribution in [3.63, 3.8) is 0 Å². The fourth-order valence-electron chi connectivity index (χ4n) is 4.73. The number of amides is 3. The van der Waals surface area contributed by atoms with Crippen LogP contribution in [0.15, 0.2) is 12.1 Å². The van der Waals surface area contributed by atoms with Gasteiger partial charge in [0.05, 0.1) is 16.8 Å². The summed E-state index contributed by atoms with van der Waals surface area (Å²) in [6.07, 6.45) is 0.610. The summed E-state index contributed by atoms with van der Waals surface area (Å²) in [7, 11) is 3.14. The minimum absolute atomic E-state index is 0.00583. The fourth-order valence-corrected chi connectivity index (χ4v) is 4.73. The van der Waals surface area contributed by atoms with E-state index in [4.69, 9.17) is 19.9 Å².